The van der Waals surface area contributed by atoms with Crippen LogP contribution in [0.4, 0.5) is 4.79 Å². The predicted molar refractivity (Wildman–Crippen MR) is 216 cm³/mol. The van der Waals surface area contributed by atoms with Crippen LogP contribution in [0.25, 0.3) is 0 Å². The molecule has 0 aromatic heterocycles. The summed E-state index contributed by atoms with van der Waals surface area (Å²) in [5.74, 6) is -2.69. The monoisotopic (exact) mass is 934 g/mol. The Kier molecular flexibility index (Phi) is 20.0. The highest BCUT2D eigenvalue weighted by atomic mass is 35.6. The van der Waals surface area contributed by atoms with Crippen LogP contribution in [0.15, 0.2) is 67.3 Å². The molecular formula is C41H49Cl3O18. The van der Waals surface area contributed by atoms with Gasteiger partial charge in [0.15, 0.2) is 30.9 Å². The number of halogens is 3. The summed E-state index contributed by atoms with van der Waals surface area (Å²) in [5.41, 5.74) is 1.44. The van der Waals surface area contributed by atoms with Crippen molar-refractivity contribution < 1.29 is 85.6 Å². The van der Waals surface area contributed by atoms with Crippen LogP contribution in [0.5, 0.6) is 5.75 Å². The molecule has 18 nitrogen and oxygen atoms in total. The standard InChI is InChI=1S/C41H49Cl3O18/c1-7-17-51-38-36(54-19-28-13-15-29(50-6)16-14-28)34(53-18-27-11-9-8-10-12-27)32(31(60-38)21-55-40(49)56-22-41(42,43)44)62-39-37(59-26(5)48)35(58-25(4)47)33(57-24(3)46)30(61-39)20-52-23(2)45/h7-16,30-39H,1,17-22H2,2-6H3/t30-,31-,32-,33-,34+,35+,36-,37-,38+,39+/m1/s1. The minimum atomic E-state index is -1.96. The fourth-order valence-electron chi connectivity index (χ4n) is 6.31. The topological polar surface area (TPSA) is 205 Å². The van der Waals surface area contributed by atoms with E-state index < -0.39 is 115 Å². The predicted octanol–water partition coefficient (Wildman–Crippen LogP) is 5.09. The van der Waals surface area contributed by atoms with Gasteiger partial charge in [-0.25, -0.2) is 4.79 Å². The normalized spacial score (nSPS) is 26.0. The summed E-state index contributed by atoms with van der Waals surface area (Å²) in [7, 11) is 1.54. The molecule has 2 aromatic rings. The largest absolute Gasteiger partial charge is 0.508 e. The maximum Gasteiger partial charge on any atom is 0.508 e. The van der Waals surface area contributed by atoms with E-state index in [9.17, 15) is 24.0 Å². The average Bonchev–Trinajstić information content (AvgIpc) is 3.21. The SMILES string of the molecule is C=CCO[C@H]1O[C@H](COC(=O)OCC(Cl)(Cl)Cl)[C@@H](O[C@@H]2O[C@H](COC(C)=O)[C@@H](OC(C)=O)[C@H](OC(C)=O)[C@H]2OC(C)=O)[C@H](OCc2ccccc2)[C@H]1OCc1ccc(OC)cc1. The van der Waals surface area contributed by atoms with E-state index in [0.29, 0.717) is 11.3 Å². The lowest BCUT2D eigenvalue weighted by molar-refractivity contribution is -0.367. The first-order chi connectivity index (χ1) is 29.5. The molecule has 0 amide bonds. The molecule has 21 heteroatoms. The van der Waals surface area contributed by atoms with E-state index in [0.717, 1.165) is 33.3 Å². The number of benzene rings is 2. The molecule has 2 heterocycles. The molecule has 0 aliphatic carbocycles. The average molecular weight is 936 g/mol. The van der Waals surface area contributed by atoms with Crippen LogP contribution in [0.3, 0.4) is 0 Å². The Morgan fingerprint density at radius 2 is 1.18 bits per heavy atom. The molecule has 62 heavy (non-hydrogen) atoms. The van der Waals surface area contributed by atoms with Crippen molar-refractivity contribution in [2.24, 2.45) is 0 Å². The molecule has 0 N–H and O–H groups in total. The number of methoxy groups -OCH3 is 1. The van der Waals surface area contributed by atoms with E-state index in [1.807, 2.05) is 18.2 Å². The Bertz CT molecular complexity index is 1780. The van der Waals surface area contributed by atoms with Crippen LogP contribution in [0.2, 0.25) is 0 Å². The first-order valence-corrected chi connectivity index (χ1v) is 20.2. The van der Waals surface area contributed by atoms with Gasteiger partial charge in [0, 0.05) is 27.7 Å². The molecule has 2 aromatic carbocycles. The third-order valence-corrected chi connectivity index (χ3v) is 9.14. The van der Waals surface area contributed by atoms with Crippen molar-refractivity contribution in [1.82, 2.24) is 0 Å². The van der Waals surface area contributed by atoms with Gasteiger partial charge in [-0.3, -0.25) is 19.2 Å². The van der Waals surface area contributed by atoms with E-state index in [-0.39, 0.29) is 19.8 Å². The van der Waals surface area contributed by atoms with Gasteiger partial charge < -0.3 is 61.6 Å². The lowest BCUT2D eigenvalue weighted by Gasteiger charge is -2.49. The highest BCUT2D eigenvalue weighted by Crippen LogP contribution is 2.36. The number of carbonyl (C=O) groups is 5. The summed E-state index contributed by atoms with van der Waals surface area (Å²) in [4.78, 5) is 62.5. The van der Waals surface area contributed by atoms with Crippen LogP contribution < -0.4 is 4.74 Å². The van der Waals surface area contributed by atoms with Gasteiger partial charge in [0.1, 0.15) is 56.1 Å². The summed E-state index contributed by atoms with van der Waals surface area (Å²) in [6.45, 7) is 6.18. The van der Waals surface area contributed by atoms with Crippen molar-refractivity contribution >= 4 is 64.8 Å². The third-order valence-electron chi connectivity index (χ3n) is 8.81. The first-order valence-electron chi connectivity index (χ1n) is 19.1. The highest BCUT2D eigenvalue weighted by molar-refractivity contribution is 6.67. The van der Waals surface area contributed by atoms with Gasteiger partial charge >= 0.3 is 30.0 Å². The van der Waals surface area contributed by atoms with Crippen molar-refractivity contribution in [3.8, 4) is 5.75 Å². The number of hydrogen-bond acceptors (Lipinski definition) is 18. The minimum absolute atomic E-state index is 0.0204. The minimum Gasteiger partial charge on any atom is -0.497 e. The second-order valence-corrected chi connectivity index (χ2v) is 16.2. The van der Waals surface area contributed by atoms with Crippen molar-refractivity contribution in [2.75, 3.05) is 33.5 Å². The molecule has 2 saturated heterocycles. The third kappa shape index (κ3) is 16.1. The Morgan fingerprint density at radius 1 is 0.629 bits per heavy atom. The van der Waals surface area contributed by atoms with Crippen molar-refractivity contribution in [2.45, 2.75) is 106 Å². The van der Waals surface area contributed by atoms with E-state index in [2.05, 4.69) is 6.58 Å². The molecule has 0 unspecified atom stereocenters. The van der Waals surface area contributed by atoms with Gasteiger partial charge in [0.25, 0.3) is 0 Å². The zero-order chi connectivity index (χ0) is 45.4. The summed E-state index contributed by atoms with van der Waals surface area (Å²) in [6.07, 6.45) is -14.0. The van der Waals surface area contributed by atoms with Crippen molar-refractivity contribution in [1.29, 1.82) is 0 Å². The molecule has 2 aliphatic heterocycles. The number of rotatable bonds is 20. The Labute approximate surface area is 373 Å². The van der Waals surface area contributed by atoms with Crippen LogP contribution in [-0.2, 0) is 89.2 Å². The fraction of sp³-hybridized carbons (Fsp3) is 0.537. The maximum atomic E-state index is 12.8. The molecule has 10 atom stereocenters. The zero-order valence-corrected chi connectivity index (χ0v) is 36.7. The number of alkyl halides is 3. The molecule has 342 valence electrons. The van der Waals surface area contributed by atoms with Gasteiger partial charge in [-0.2, -0.15) is 0 Å². The van der Waals surface area contributed by atoms with E-state index in [1.54, 1.807) is 36.4 Å². The summed E-state index contributed by atoms with van der Waals surface area (Å²) in [6, 6.07) is 16.1. The summed E-state index contributed by atoms with van der Waals surface area (Å²) < 4.78 is 74.4. The second-order valence-electron chi connectivity index (χ2n) is 13.7. The number of carbonyl (C=O) groups excluding carboxylic acids is 5. The van der Waals surface area contributed by atoms with E-state index in [4.69, 9.17) is 96.4 Å². The van der Waals surface area contributed by atoms with Gasteiger partial charge in [0.05, 0.1) is 26.9 Å². The van der Waals surface area contributed by atoms with E-state index >= 15 is 0 Å². The number of esters is 4. The summed E-state index contributed by atoms with van der Waals surface area (Å²) in [5, 5.41) is 0. The molecule has 2 aliphatic rings. The maximum absolute atomic E-state index is 12.8. The van der Waals surface area contributed by atoms with Crippen molar-refractivity contribution in [3.63, 3.8) is 0 Å². The molecular weight excluding hydrogens is 887 g/mol. The van der Waals surface area contributed by atoms with Gasteiger partial charge in [-0.1, -0.05) is 83.3 Å². The molecule has 0 saturated carbocycles. The van der Waals surface area contributed by atoms with Crippen LogP contribution in [0.1, 0.15) is 38.8 Å². The quantitative estimate of drug-likeness (QED) is 0.0734. The zero-order valence-electron chi connectivity index (χ0n) is 34.5. The molecule has 2 fully saturated rings. The van der Waals surface area contributed by atoms with Crippen LogP contribution in [-0.4, -0.2) is 129 Å². The second kappa shape index (κ2) is 24.6. The lowest BCUT2D eigenvalue weighted by atomic mass is 9.96. The number of hydrogen-bond donors (Lipinski definition) is 0. The first kappa shape index (κ1) is 50.4. The Balaban J connectivity index is 1.85. The molecule has 4 rings (SSSR count). The molecule has 0 spiro atoms. The van der Waals surface area contributed by atoms with Gasteiger partial charge in [-0.05, 0) is 23.3 Å². The van der Waals surface area contributed by atoms with Gasteiger partial charge in [0.2, 0.25) is 3.79 Å². The highest BCUT2D eigenvalue weighted by Gasteiger charge is 2.57. The lowest BCUT2D eigenvalue weighted by Crippen LogP contribution is -2.67. The Morgan fingerprint density at radius 3 is 1.76 bits per heavy atom. The molecule has 0 radical (unpaired) electrons. The fourth-order valence-corrected chi connectivity index (χ4v) is 6.47. The molecule has 0 bridgehead atoms. The van der Waals surface area contributed by atoms with Crippen LogP contribution >= 0.6 is 34.8 Å². The summed E-state index contributed by atoms with van der Waals surface area (Å²) >= 11 is 17.3. The van der Waals surface area contributed by atoms with E-state index in [1.165, 1.54) is 13.2 Å². The number of ether oxygens (including phenoxy) is 13. The van der Waals surface area contributed by atoms with Gasteiger partial charge in [-0.15, -0.1) is 6.58 Å². The van der Waals surface area contributed by atoms with Crippen LogP contribution in [0, 0.1) is 0 Å². The van der Waals surface area contributed by atoms with Crippen molar-refractivity contribution in [3.05, 3.63) is 78.4 Å². The Hall–Kier alpha value is -4.24. The smallest absolute Gasteiger partial charge is 0.497 e.